The number of nitrogens with one attached hydrogen (secondary N) is 1. The normalized spacial score (nSPS) is 12.5. The SMILES string of the molecule is CSCCC(C(=O)Nc1cccc2ccc(O)cc12)N(C)C. The average Bonchev–Trinajstić information content (AvgIpc) is 2.48. The molecule has 0 saturated carbocycles. The first kappa shape index (κ1) is 16.6. The molecule has 0 radical (unpaired) electrons. The predicted molar refractivity (Wildman–Crippen MR) is 94.7 cm³/mol. The van der Waals surface area contributed by atoms with Crippen LogP contribution in [0.25, 0.3) is 10.8 Å². The fraction of sp³-hybridized carbons (Fsp3) is 0.353. The summed E-state index contributed by atoms with van der Waals surface area (Å²) in [5.74, 6) is 1.11. The average molecular weight is 318 g/mol. The molecule has 0 saturated heterocycles. The Morgan fingerprint density at radius 3 is 2.77 bits per heavy atom. The number of carbonyl (C=O) groups is 1. The molecule has 0 heterocycles. The molecule has 2 aromatic rings. The summed E-state index contributed by atoms with van der Waals surface area (Å²) < 4.78 is 0. The summed E-state index contributed by atoms with van der Waals surface area (Å²) in [6.07, 6.45) is 2.84. The number of amides is 1. The Kier molecular flexibility index (Phi) is 5.69. The Labute approximate surface area is 135 Å². The van der Waals surface area contributed by atoms with Gasteiger partial charge in [0.15, 0.2) is 0 Å². The largest absolute Gasteiger partial charge is 0.508 e. The van der Waals surface area contributed by atoms with Crippen LogP contribution in [0, 0.1) is 0 Å². The lowest BCUT2D eigenvalue weighted by Gasteiger charge is -2.23. The molecule has 118 valence electrons. The molecule has 4 nitrogen and oxygen atoms in total. The van der Waals surface area contributed by atoms with Gasteiger partial charge in [0.25, 0.3) is 0 Å². The molecular weight excluding hydrogens is 296 g/mol. The van der Waals surface area contributed by atoms with Gasteiger partial charge in [-0.15, -0.1) is 0 Å². The van der Waals surface area contributed by atoms with Crippen LogP contribution < -0.4 is 5.32 Å². The lowest BCUT2D eigenvalue weighted by molar-refractivity contribution is -0.120. The number of phenolic OH excluding ortho intramolecular Hbond substituents is 1. The standard InChI is InChI=1S/C17H22N2O2S/c1-19(2)16(9-10-22-3)17(21)18-15-6-4-5-12-7-8-13(20)11-14(12)15/h4-8,11,16,20H,9-10H2,1-3H3,(H,18,21). The van der Waals surface area contributed by atoms with Crippen molar-refractivity contribution in [3.8, 4) is 5.75 Å². The molecule has 2 aromatic carbocycles. The highest BCUT2D eigenvalue weighted by molar-refractivity contribution is 7.98. The van der Waals surface area contributed by atoms with Gasteiger partial charge in [-0.1, -0.05) is 18.2 Å². The number of aromatic hydroxyl groups is 1. The van der Waals surface area contributed by atoms with Crippen molar-refractivity contribution in [3.63, 3.8) is 0 Å². The molecule has 0 aliphatic carbocycles. The fourth-order valence-electron chi connectivity index (χ4n) is 2.44. The zero-order valence-electron chi connectivity index (χ0n) is 13.2. The van der Waals surface area contributed by atoms with E-state index in [9.17, 15) is 9.90 Å². The Morgan fingerprint density at radius 1 is 1.32 bits per heavy atom. The molecule has 0 bridgehead atoms. The van der Waals surface area contributed by atoms with Gasteiger partial charge < -0.3 is 10.4 Å². The second-order valence-corrected chi connectivity index (χ2v) is 6.45. The Balaban J connectivity index is 2.25. The van der Waals surface area contributed by atoms with Gasteiger partial charge >= 0.3 is 0 Å². The third kappa shape index (κ3) is 3.93. The number of rotatable bonds is 6. The molecule has 5 heteroatoms. The molecule has 0 aliphatic rings. The first-order valence-electron chi connectivity index (χ1n) is 7.21. The van der Waals surface area contributed by atoms with Gasteiger partial charge in [0, 0.05) is 11.1 Å². The van der Waals surface area contributed by atoms with Gasteiger partial charge in [-0.25, -0.2) is 0 Å². The van der Waals surface area contributed by atoms with E-state index in [0.29, 0.717) is 0 Å². The Bertz CT molecular complexity index is 658. The molecule has 1 amide bonds. The first-order chi connectivity index (χ1) is 10.5. The van der Waals surface area contributed by atoms with Crippen molar-refractivity contribution < 1.29 is 9.90 Å². The van der Waals surface area contributed by atoms with E-state index in [1.165, 1.54) is 0 Å². The minimum absolute atomic E-state index is 0.0186. The molecule has 2 N–H and O–H groups in total. The van der Waals surface area contributed by atoms with Crippen molar-refractivity contribution in [2.24, 2.45) is 0 Å². The van der Waals surface area contributed by atoms with Crippen molar-refractivity contribution in [2.75, 3.05) is 31.4 Å². The number of hydrogen-bond donors (Lipinski definition) is 2. The van der Waals surface area contributed by atoms with Crippen LogP contribution in [0.5, 0.6) is 5.75 Å². The number of likely N-dealkylation sites (N-methyl/N-ethyl adjacent to an activating group) is 1. The first-order valence-corrected chi connectivity index (χ1v) is 8.60. The van der Waals surface area contributed by atoms with E-state index in [-0.39, 0.29) is 17.7 Å². The van der Waals surface area contributed by atoms with E-state index in [1.807, 2.05) is 49.5 Å². The van der Waals surface area contributed by atoms with Crippen molar-refractivity contribution in [1.29, 1.82) is 0 Å². The van der Waals surface area contributed by atoms with E-state index in [1.54, 1.807) is 23.9 Å². The van der Waals surface area contributed by atoms with E-state index in [4.69, 9.17) is 0 Å². The number of thioether (sulfide) groups is 1. The van der Waals surface area contributed by atoms with Crippen LogP contribution in [-0.4, -0.2) is 48.1 Å². The second-order valence-electron chi connectivity index (χ2n) is 5.46. The topological polar surface area (TPSA) is 52.6 Å². The highest BCUT2D eigenvalue weighted by Crippen LogP contribution is 2.27. The molecule has 22 heavy (non-hydrogen) atoms. The van der Waals surface area contributed by atoms with Gasteiger partial charge in [0.05, 0.1) is 6.04 Å². The van der Waals surface area contributed by atoms with Gasteiger partial charge in [0.1, 0.15) is 5.75 Å². The maximum atomic E-state index is 12.6. The quantitative estimate of drug-likeness (QED) is 0.859. The highest BCUT2D eigenvalue weighted by atomic mass is 32.2. The van der Waals surface area contributed by atoms with Gasteiger partial charge in [0.2, 0.25) is 5.91 Å². The molecule has 1 atom stereocenters. The summed E-state index contributed by atoms with van der Waals surface area (Å²) in [5, 5.41) is 14.5. The van der Waals surface area contributed by atoms with Gasteiger partial charge in [-0.2, -0.15) is 11.8 Å². The fourth-order valence-corrected chi connectivity index (χ4v) is 2.90. The van der Waals surface area contributed by atoms with E-state index >= 15 is 0 Å². The molecule has 1 unspecified atom stereocenters. The minimum atomic E-state index is -0.167. The Morgan fingerprint density at radius 2 is 2.09 bits per heavy atom. The lowest BCUT2D eigenvalue weighted by atomic mass is 10.1. The zero-order chi connectivity index (χ0) is 16.1. The van der Waals surface area contributed by atoms with Crippen molar-refractivity contribution >= 4 is 34.1 Å². The summed E-state index contributed by atoms with van der Waals surface area (Å²) in [4.78, 5) is 14.5. The summed E-state index contributed by atoms with van der Waals surface area (Å²) in [7, 11) is 3.83. The van der Waals surface area contributed by atoms with Crippen molar-refractivity contribution in [1.82, 2.24) is 4.90 Å². The molecule has 0 fully saturated rings. The number of nitrogens with zero attached hydrogens (tertiary/aromatic N) is 1. The summed E-state index contributed by atoms with van der Waals surface area (Å²) in [6, 6.07) is 10.7. The van der Waals surface area contributed by atoms with Gasteiger partial charge in [-0.3, -0.25) is 9.69 Å². The minimum Gasteiger partial charge on any atom is -0.508 e. The third-order valence-electron chi connectivity index (χ3n) is 3.65. The lowest BCUT2D eigenvalue weighted by Crippen LogP contribution is -2.40. The van der Waals surface area contributed by atoms with Gasteiger partial charge in [-0.05, 0) is 56.1 Å². The summed E-state index contributed by atoms with van der Waals surface area (Å²) >= 11 is 1.74. The molecular formula is C17H22N2O2S. The molecule has 0 aromatic heterocycles. The molecule has 0 aliphatic heterocycles. The summed E-state index contributed by atoms with van der Waals surface area (Å²) in [6.45, 7) is 0. The van der Waals surface area contributed by atoms with Crippen LogP contribution in [0.1, 0.15) is 6.42 Å². The van der Waals surface area contributed by atoms with Crippen LogP contribution in [-0.2, 0) is 4.79 Å². The number of benzene rings is 2. The van der Waals surface area contributed by atoms with Crippen LogP contribution in [0.3, 0.4) is 0 Å². The van der Waals surface area contributed by atoms with Crippen molar-refractivity contribution in [2.45, 2.75) is 12.5 Å². The number of anilines is 1. The maximum Gasteiger partial charge on any atom is 0.241 e. The maximum absolute atomic E-state index is 12.6. The van der Waals surface area contributed by atoms with Crippen LogP contribution >= 0.6 is 11.8 Å². The predicted octanol–water partition coefficient (Wildman–Crippen LogP) is 3.17. The highest BCUT2D eigenvalue weighted by Gasteiger charge is 2.20. The molecule has 0 spiro atoms. The summed E-state index contributed by atoms with van der Waals surface area (Å²) in [5.41, 5.74) is 0.731. The van der Waals surface area contributed by atoms with Crippen LogP contribution in [0.2, 0.25) is 0 Å². The van der Waals surface area contributed by atoms with Crippen LogP contribution in [0.15, 0.2) is 36.4 Å². The van der Waals surface area contributed by atoms with E-state index in [2.05, 4.69) is 5.32 Å². The number of carbonyl (C=O) groups excluding carboxylic acids is 1. The third-order valence-corrected chi connectivity index (χ3v) is 4.29. The van der Waals surface area contributed by atoms with Crippen LogP contribution in [0.4, 0.5) is 5.69 Å². The number of hydrogen-bond acceptors (Lipinski definition) is 4. The second kappa shape index (κ2) is 7.51. The van der Waals surface area contributed by atoms with E-state index in [0.717, 1.165) is 28.6 Å². The smallest absolute Gasteiger partial charge is 0.241 e. The monoisotopic (exact) mass is 318 g/mol. The van der Waals surface area contributed by atoms with Crippen molar-refractivity contribution in [3.05, 3.63) is 36.4 Å². The molecule has 2 rings (SSSR count). The number of fused-ring (bicyclic) bond motifs is 1. The zero-order valence-corrected chi connectivity index (χ0v) is 14.0. The Hall–Kier alpha value is -1.72. The van der Waals surface area contributed by atoms with E-state index < -0.39 is 0 Å². The number of phenols is 1.